The van der Waals surface area contributed by atoms with Crippen molar-refractivity contribution in [2.45, 2.75) is 32.1 Å². The molecule has 3 amide bonds. The van der Waals surface area contributed by atoms with Crippen molar-refractivity contribution in [2.75, 3.05) is 6.67 Å². The zero-order valence-electron chi connectivity index (χ0n) is 10.2. The summed E-state index contributed by atoms with van der Waals surface area (Å²) >= 11 is 0. The molecule has 2 N–H and O–H groups in total. The number of imide groups is 1. The molecule has 0 atom stereocenters. The zero-order chi connectivity index (χ0) is 13.1. The van der Waals surface area contributed by atoms with Crippen molar-refractivity contribution in [2.24, 2.45) is 11.8 Å². The molecule has 2 aliphatic rings. The van der Waals surface area contributed by atoms with Gasteiger partial charge in [-0.1, -0.05) is 19.3 Å². The number of amides is 3. The molecular weight excluding hydrogens is 234 g/mol. The van der Waals surface area contributed by atoms with Crippen LogP contribution in [0.25, 0.3) is 0 Å². The summed E-state index contributed by atoms with van der Waals surface area (Å²) in [5.74, 6) is 4.57. The lowest BCUT2D eigenvalue weighted by Gasteiger charge is -2.28. The highest BCUT2D eigenvalue weighted by atomic mass is 16.2. The molecule has 0 aromatic carbocycles. The second kappa shape index (κ2) is 5.30. The Kier molecular flexibility index (Phi) is 3.76. The lowest BCUT2D eigenvalue weighted by atomic mass is 9.88. The van der Waals surface area contributed by atoms with E-state index in [-0.39, 0.29) is 18.5 Å². The zero-order valence-corrected chi connectivity index (χ0v) is 10.2. The third-order valence-corrected chi connectivity index (χ3v) is 3.43. The van der Waals surface area contributed by atoms with Gasteiger partial charge < -0.3 is 0 Å². The van der Waals surface area contributed by atoms with E-state index in [0.717, 1.165) is 42.0 Å². The van der Waals surface area contributed by atoms with E-state index < -0.39 is 11.8 Å². The first-order chi connectivity index (χ1) is 8.59. The van der Waals surface area contributed by atoms with Gasteiger partial charge in [-0.05, 0) is 12.8 Å². The summed E-state index contributed by atoms with van der Waals surface area (Å²) in [6.45, 7) is -0.167. The first-order valence-corrected chi connectivity index (χ1v) is 6.19. The molecule has 6 heteroatoms. The number of carbonyl (C=O) groups is 3. The fraction of sp³-hybridized carbons (Fsp3) is 0.583. The number of nitrogens with two attached hydrogens (primary N) is 1. The van der Waals surface area contributed by atoms with Gasteiger partial charge in [0.2, 0.25) is 5.91 Å². The van der Waals surface area contributed by atoms with Crippen LogP contribution in [0.1, 0.15) is 32.1 Å². The van der Waals surface area contributed by atoms with E-state index in [0.29, 0.717) is 0 Å². The Labute approximate surface area is 105 Å². The van der Waals surface area contributed by atoms with Crippen molar-refractivity contribution < 1.29 is 14.4 Å². The van der Waals surface area contributed by atoms with Crippen molar-refractivity contribution >= 4 is 17.7 Å². The third kappa shape index (κ3) is 2.59. The second-order valence-electron chi connectivity index (χ2n) is 4.72. The van der Waals surface area contributed by atoms with Gasteiger partial charge >= 0.3 is 0 Å². The highest BCUT2D eigenvalue weighted by Gasteiger charge is 2.29. The Balaban J connectivity index is 1.91. The first kappa shape index (κ1) is 12.8. The molecule has 1 heterocycles. The van der Waals surface area contributed by atoms with E-state index in [9.17, 15) is 14.4 Å². The van der Waals surface area contributed by atoms with Gasteiger partial charge in [0.1, 0.15) is 6.67 Å². The molecule has 0 radical (unpaired) electrons. The van der Waals surface area contributed by atoms with Gasteiger partial charge in [-0.15, -0.1) is 0 Å². The van der Waals surface area contributed by atoms with Gasteiger partial charge in [0.15, 0.2) is 0 Å². The van der Waals surface area contributed by atoms with Crippen LogP contribution in [0, 0.1) is 5.92 Å². The van der Waals surface area contributed by atoms with E-state index in [1.54, 1.807) is 0 Å². The molecule has 1 fully saturated rings. The lowest BCUT2D eigenvalue weighted by Crippen LogP contribution is -2.50. The maximum atomic E-state index is 12.0. The predicted molar refractivity (Wildman–Crippen MR) is 63.5 cm³/mol. The van der Waals surface area contributed by atoms with Crippen LogP contribution in [0.15, 0.2) is 12.2 Å². The normalized spacial score (nSPS) is 20.6. The summed E-state index contributed by atoms with van der Waals surface area (Å²) in [7, 11) is 0. The van der Waals surface area contributed by atoms with E-state index in [1.807, 2.05) is 0 Å². The Morgan fingerprint density at radius 1 is 1.22 bits per heavy atom. The topological polar surface area (TPSA) is 83.7 Å². The molecule has 18 heavy (non-hydrogen) atoms. The summed E-state index contributed by atoms with van der Waals surface area (Å²) in [5, 5.41) is 0.985. The summed E-state index contributed by atoms with van der Waals surface area (Å²) in [5.41, 5.74) is 0. The number of hydrogen-bond donors (Lipinski definition) is 1. The predicted octanol–water partition coefficient (Wildman–Crippen LogP) is 0.151. The van der Waals surface area contributed by atoms with Crippen LogP contribution in [-0.2, 0) is 14.4 Å². The van der Waals surface area contributed by atoms with Crippen LogP contribution in [0.3, 0.4) is 0 Å². The molecule has 1 aliphatic heterocycles. The van der Waals surface area contributed by atoms with Crippen molar-refractivity contribution in [1.29, 1.82) is 0 Å². The van der Waals surface area contributed by atoms with Crippen LogP contribution in [0.5, 0.6) is 0 Å². The number of rotatable bonds is 3. The Morgan fingerprint density at radius 2 is 1.78 bits per heavy atom. The lowest BCUT2D eigenvalue weighted by molar-refractivity contribution is -0.145. The van der Waals surface area contributed by atoms with Gasteiger partial charge in [-0.2, -0.15) is 0 Å². The molecule has 0 bridgehead atoms. The van der Waals surface area contributed by atoms with Crippen LogP contribution in [0.4, 0.5) is 0 Å². The molecule has 0 unspecified atom stereocenters. The summed E-state index contributed by atoms with van der Waals surface area (Å²) in [6.07, 6.45) is 7.27. The average Bonchev–Trinajstić information content (AvgIpc) is 2.70. The summed E-state index contributed by atoms with van der Waals surface area (Å²) in [4.78, 5) is 35.7. The highest BCUT2D eigenvalue weighted by molar-refractivity contribution is 6.12. The van der Waals surface area contributed by atoms with Crippen molar-refractivity contribution in [3.05, 3.63) is 12.2 Å². The van der Waals surface area contributed by atoms with Crippen LogP contribution < -0.4 is 5.84 Å². The summed E-state index contributed by atoms with van der Waals surface area (Å²) in [6, 6.07) is 0. The maximum Gasteiger partial charge on any atom is 0.255 e. The van der Waals surface area contributed by atoms with Crippen LogP contribution in [0.2, 0.25) is 0 Å². The third-order valence-electron chi connectivity index (χ3n) is 3.43. The molecule has 0 aromatic rings. The Morgan fingerprint density at radius 3 is 2.33 bits per heavy atom. The molecule has 6 nitrogen and oxygen atoms in total. The van der Waals surface area contributed by atoms with Crippen molar-refractivity contribution in [3.63, 3.8) is 0 Å². The van der Waals surface area contributed by atoms with E-state index in [2.05, 4.69) is 0 Å². The maximum absolute atomic E-state index is 12.0. The quantitative estimate of drug-likeness (QED) is 0.335. The van der Waals surface area contributed by atoms with Gasteiger partial charge in [0, 0.05) is 18.1 Å². The molecule has 2 rings (SSSR count). The SMILES string of the molecule is NN(CN1C(=O)C=CC1=O)C(=O)C1CCCCC1. The van der Waals surface area contributed by atoms with Crippen LogP contribution in [-0.4, -0.2) is 34.3 Å². The minimum Gasteiger partial charge on any atom is -0.273 e. The molecule has 0 saturated heterocycles. The fourth-order valence-corrected chi connectivity index (χ4v) is 2.38. The number of hydrazine groups is 1. The largest absolute Gasteiger partial charge is 0.273 e. The summed E-state index contributed by atoms with van der Waals surface area (Å²) < 4.78 is 0. The van der Waals surface area contributed by atoms with E-state index in [4.69, 9.17) is 5.84 Å². The van der Waals surface area contributed by atoms with Gasteiger partial charge in [-0.3, -0.25) is 24.3 Å². The molecule has 1 saturated carbocycles. The number of nitrogens with zero attached hydrogens (tertiary/aromatic N) is 2. The monoisotopic (exact) mass is 251 g/mol. The van der Waals surface area contributed by atoms with Crippen LogP contribution >= 0.6 is 0 Å². The minimum absolute atomic E-state index is 0.0653. The van der Waals surface area contributed by atoms with Gasteiger partial charge in [0.25, 0.3) is 11.8 Å². The van der Waals surface area contributed by atoms with E-state index in [1.165, 1.54) is 12.2 Å². The van der Waals surface area contributed by atoms with Gasteiger partial charge in [-0.25, -0.2) is 5.84 Å². The second-order valence-corrected chi connectivity index (χ2v) is 4.72. The first-order valence-electron chi connectivity index (χ1n) is 6.19. The van der Waals surface area contributed by atoms with E-state index >= 15 is 0 Å². The Bertz CT molecular complexity index is 381. The smallest absolute Gasteiger partial charge is 0.255 e. The van der Waals surface area contributed by atoms with Crippen molar-refractivity contribution in [3.8, 4) is 0 Å². The number of carbonyl (C=O) groups excluding carboxylic acids is 3. The Hall–Kier alpha value is -1.69. The number of hydrogen-bond acceptors (Lipinski definition) is 4. The minimum atomic E-state index is -0.424. The molecule has 98 valence electrons. The highest BCUT2D eigenvalue weighted by Crippen LogP contribution is 2.24. The van der Waals surface area contributed by atoms with Crippen molar-refractivity contribution in [1.82, 2.24) is 9.91 Å². The molecule has 0 aromatic heterocycles. The molecule has 1 aliphatic carbocycles. The standard InChI is InChI=1S/C12H17N3O3/c13-15(8-14-10(16)6-7-11(14)17)12(18)9-4-2-1-3-5-9/h6-7,9H,1-5,8,13H2. The average molecular weight is 251 g/mol. The fourth-order valence-electron chi connectivity index (χ4n) is 2.38. The van der Waals surface area contributed by atoms with Gasteiger partial charge in [0.05, 0.1) is 0 Å². The molecular formula is C12H17N3O3. The molecule has 0 spiro atoms.